The molecule has 0 fully saturated rings. The van der Waals surface area contributed by atoms with Crippen LogP contribution in [0.2, 0.25) is 10.0 Å². The molecule has 0 unspecified atom stereocenters. The third kappa shape index (κ3) is 5.16. The fraction of sp³-hybridized carbons (Fsp3) is 0.0263. The Hall–Kier alpha value is -5.63. The first-order valence-electron chi connectivity index (χ1n) is 15.0. The van der Waals surface area contributed by atoms with Gasteiger partial charge >= 0.3 is 0 Å². The molecular weight excluding hydrogens is 627 g/mol. The maximum absolute atomic E-state index is 7.00. The van der Waals surface area contributed by atoms with Crippen LogP contribution < -0.4 is 9.64 Å². The number of halogens is 2. The van der Waals surface area contributed by atoms with Gasteiger partial charge in [0.1, 0.15) is 5.82 Å². The summed E-state index contributed by atoms with van der Waals surface area (Å²) < 4.78 is 7.47. The molecule has 8 aromatic rings. The standard InChI is InChI=1S/C38H26Cl2N6O/c1-47-36-19-11-18-35(41-36)45(37-29-20-27(24-12-5-2-6-13-24)31(39)22-33(29)42-43-37)38-30-21-28(25-14-7-3-8-15-25)32(40)23-34(30)46(44-38)26-16-9-4-10-17-26/h2-23H,1H3,(H,42,43). The van der Waals surface area contributed by atoms with Gasteiger partial charge in [-0.3, -0.25) is 10.00 Å². The Morgan fingerprint density at radius 2 is 1.28 bits per heavy atom. The highest BCUT2D eigenvalue weighted by Gasteiger charge is 2.27. The maximum atomic E-state index is 7.00. The third-order valence-electron chi connectivity index (χ3n) is 8.12. The lowest BCUT2D eigenvalue weighted by molar-refractivity contribution is 0.398. The fourth-order valence-corrected chi connectivity index (χ4v) is 6.42. The van der Waals surface area contributed by atoms with Crippen molar-refractivity contribution in [2.45, 2.75) is 0 Å². The molecule has 0 aliphatic rings. The summed E-state index contributed by atoms with van der Waals surface area (Å²) in [6.45, 7) is 0. The predicted molar refractivity (Wildman–Crippen MR) is 191 cm³/mol. The van der Waals surface area contributed by atoms with Crippen LogP contribution in [0, 0.1) is 0 Å². The molecule has 0 radical (unpaired) electrons. The normalized spacial score (nSPS) is 11.3. The molecule has 0 bridgehead atoms. The van der Waals surface area contributed by atoms with E-state index in [1.807, 2.05) is 131 Å². The lowest BCUT2D eigenvalue weighted by atomic mass is 10.0. The highest BCUT2D eigenvalue weighted by molar-refractivity contribution is 6.35. The maximum Gasteiger partial charge on any atom is 0.214 e. The van der Waals surface area contributed by atoms with Gasteiger partial charge in [0.2, 0.25) is 5.88 Å². The van der Waals surface area contributed by atoms with E-state index in [1.165, 1.54) is 0 Å². The number of hydrogen-bond donors (Lipinski definition) is 1. The highest BCUT2D eigenvalue weighted by atomic mass is 35.5. The number of rotatable bonds is 7. The van der Waals surface area contributed by atoms with Crippen LogP contribution in [0.3, 0.4) is 0 Å². The van der Waals surface area contributed by atoms with Gasteiger partial charge in [0.05, 0.1) is 33.9 Å². The summed E-state index contributed by atoms with van der Waals surface area (Å²) in [5.74, 6) is 2.25. The van der Waals surface area contributed by atoms with Gasteiger partial charge in [-0.1, -0.05) is 108 Å². The summed E-state index contributed by atoms with van der Waals surface area (Å²) >= 11 is 13.8. The summed E-state index contributed by atoms with van der Waals surface area (Å²) in [6, 6.07) is 43.8. The van der Waals surface area contributed by atoms with E-state index in [2.05, 4.69) is 17.2 Å². The molecule has 1 N–H and O–H groups in total. The minimum absolute atomic E-state index is 0.458. The van der Waals surface area contributed by atoms with Crippen molar-refractivity contribution in [1.82, 2.24) is 25.0 Å². The molecule has 0 aliphatic heterocycles. The topological polar surface area (TPSA) is 71.9 Å². The quantitative estimate of drug-likeness (QED) is 0.185. The van der Waals surface area contributed by atoms with Crippen molar-refractivity contribution in [3.63, 3.8) is 0 Å². The van der Waals surface area contributed by atoms with Crippen molar-refractivity contribution in [3.05, 3.63) is 144 Å². The molecule has 8 rings (SSSR count). The molecule has 0 saturated heterocycles. The second-order valence-electron chi connectivity index (χ2n) is 11.0. The minimum atomic E-state index is 0.458. The second-order valence-corrected chi connectivity index (χ2v) is 11.8. The van der Waals surface area contributed by atoms with Crippen molar-refractivity contribution >= 4 is 62.5 Å². The number of ether oxygens (including phenoxy) is 1. The van der Waals surface area contributed by atoms with Gasteiger partial charge in [0.25, 0.3) is 0 Å². The van der Waals surface area contributed by atoms with Crippen LogP contribution in [0.4, 0.5) is 17.5 Å². The number of H-pyrrole nitrogens is 1. The van der Waals surface area contributed by atoms with Crippen LogP contribution in [0.15, 0.2) is 133 Å². The van der Waals surface area contributed by atoms with Crippen molar-refractivity contribution in [2.24, 2.45) is 0 Å². The highest BCUT2D eigenvalue weighted by Crippen LogP contribution is 2.44. The first kappa shape index (κ1) is 28.8. The number of fused-ring (bicyclic) bond motifs is 2. The molecule has 47 heavy (non-hydrogen) atoms. The van der Waals surface area contributed by atoms with E-state index >= 15 is 0 Å². The van der Waals surface area contributed by atoms with Gasteiger partial charge in [-0.05, 0) is 53.6 Å². The number of pyridine rings is 1. The van der Waals surface area contributed by atoms with Crippen LogP contribution >= 0.6 is 23.2 Å². The number of methoxy groups -OCH3 is 1. The number of nitrogens with zero attached hydrogens (tertiary/aromatic N) is 5. The third-order valence-corrected chi connectivity index (χ3v) is 8.75. The van der Waals surface area contributed by atoms with E-state index in [4.69, 9.17) is 43.1 Å². The molecule has 0 amide bonds. The van der Waals surface area contributed by atoms with Gasteiger partial charge < -0.3 is 4.74 Å². The van der Waals surface area contributed by atoms with Gasteiger partial charge in [0.15, 0.2) is 11.6 Å². The van der Waals surface area contributed by atoms with Crippen molar-refractivity contribution in [1.29, 1.82) is 0 Å². The molecule has 0 atom stereocenters. The summed E-state index contributed by atoms with van der Waals surface area (Å²) in [7, 11) is 1.60. The molecule has 0 aliphatic carbocycles. The van der Waals surface area contributed by atoms with E-state index in [9.17, 15) is 0 Å². The number of nitrogens with one attached hydrogen (secondary N) is 1. The molecule has 5 aromatic carbocycles. The largest absolute Gasteiger partial charge is 0.481 e. The Balaban J connectivity index is 1.44. The molecule has 3 aromatic heterocycles. The summed E-state index contributed by atoms with van der Waals surface area (Å²) in [5, 5.41) is 16.2. The predicted octanol–water partition coefficient (Wildman–Crippen LogP) is 10.4. The van der Waals surface area contributed by atoms with E-state index in [-0.39, 0.29) is 0 Å². The minimum Gasteiger partial charge on any atom is -0.481 e. The second kappa shape index (κ2) is 11.9. The average molecular weight is 654 g/mol. The molecule has 3 heterocycles. The summed E-state index contributed by atoms with van der Waals surface area (Å²) in [6.07, 6.45) is 0. The Morgan fingerprint density at radius 1 is 0.660 bits per heavy atom. The number of anilines is 3. The SMILES string of the molecule is COc1cccc(N(c2n[nH]c3cc(Cl)c(-c4ccccc4)cc23)c2nn(-c3ccccc3)c3cc(Cl)c(-c4ccccc4)cc23)n1. The van der Waals surface area contributed by atoms with Gasteiger partial charge in [-0.25, -0.2) is 4.68 Å². The monoisotopic (exact) mass is 652 g/mol. The zero-order chi connectivity index (χ0) is 31.9. The average Bonchev–Trinajstić information content (AvgIpc) is 3.69. The molecular formula is C38H26Cl2N6O. The fourth-order valence-electron chi connectivity index (χ4n) is 5.88. The molecule has 0 saturated carbocycles. The van der Waals surface area contributed by atoms with Crippen molar-refractivity contribution < 1.29 is 4.74 Å². The van der Waals surface area contributed by atoms with E-state index in [1.54, 1.807) is 7.11 Å². The van der Waals surface area contributed by atoms with Crippen LogP contribution in [0.25, 0.3) is 49.7 Å². The molecule has 228 valence electrons. The lowest BCUT2D eigenvalue weighted by Crippen LogP contribution is -2.14. The number of para-hydroxylation sites is 1. The first-order chi connectivity index (χ1) is 23.1. The van der Waals surface area contributed by atoms with E-state index < -0.39 is 0 Å². The van der Waals surface area contributed by atoms with Crippen LogP contribution in [0.5, 0.6) is 5.88 Å². The Labute approximate surface area is 280 Å². The van der Waals surface area contributed by atoms with Crippen LogP contribution in [-0.4, -0.2) is 32.1 Å². The molecule has 7 nitrogen and oxygen atoms in total. The van der Waals surface area contributed by atoms with Crippen molar-refractivity contribution in [3.8, 4) is 33.8 Å². The molecule has 0 spiro atoms. The first-order valence-corrected chi connectivity index (χ1v) is 15.7. The van der Waals surface area contributed by atoms with Crippen LogP contribution in [-0.2, 0) is 0 Å². The van der Waals surface area contributed by atoms with Gasteiger partial charge in [-0.15, -0.1) is 5.10 Å². The Kier molecular flexibility index (Phi) is 7.33. The van der Waals surface area contributed by atoms with Gasteiger partial charge in [-0.2, -0.15) is 10.1 Å². The summed E-state index contributed by atoms with van der Waals surface area (Å²) in [5.41, 5.74) is 6.26. The number of hydrogen-bond acceptors (Lipinski definition) is 5. The van der Waals surface area contributed by atoms with E-state index in [0.717, 1.165) is 49.7 Å². The zero-order valence-corrected chi connectivity index (χ0v) is 26.6. The smallest absolute Gasteiger partial charge is 0.214 e. The number of aromatic nitrogens is 5. The summed E-state index contributed by atoms with van der Waals surface area (Å²) in [4.78, 5) is 6.82. The zero-order valence-electron chi connectivity index (χ0n) is 25.1. The lowest BCUT2D eigenvalue weighted by Gasteiger charge is -2.21. The number of benzene rings is 5. The van der Waals surface area contributed by atoms with Crippen LogP contribution in [0.1, 0.15) is 0 Å². The van der Waals surface area contributed by atoms with Crippen molar-refractivity contribution in [2.75, 3.05) is 12.0 Å². The Morgan fingerprint density at radius 3 is 1.94 bits per heavy atom. The van der Waals surface area contributed by atoms with E-state index in [0.29, 0.717) is 33.4 Å². The van der Waals surface area contributed by atoms with Gasteiger partial charge in [0, 0.05) is 28.0 Å². The molecule has 9 heteroatoms. The Bertz CT molecular complexity index is 2370. The number of aromatic amines is 1.